The van der Waals surface area contributed by atoms with Crippen molar-refractivity contribution in [3.63, 3.8) is 0 Å². The van der Waals surface area contributed by atoms with E-state index in [4.69, 9.17) is 0 Å². The Bertz CT molecular complexity index is 3900. The molecule has 0 atom stereocenters. The van der Waals surface area contributed by atoms with Crippen LogP contribution < -0.4 is 10.4 Å². The van der Waals surface area contributed by atoms with Crippen LogP contribution in [0.2, 0.25) is 0 Å². The van der Waals surface area contributed by atoms with Crippen molar-refractivity contribution in [2.24, 2.45) is 11.8 Å². The van der Waals surface area contributed by atoms with Gasteiger partial charge in [-0.1, -0.05) is 193 Å². The fraction of sp³-hybridized carbons (Fsp3) is 0.440. The third-order valence-electron chi connectivity index (χ3n) is 23.1. The zero-order valence-corrected chi connectivity index (χ0v) is 48.5. The van der Waals surface area contributed by atoms with E-state index in [2.05, 4.69) is 193 Å². The van der Waals surface area contributed by atoms with Crippen molar-refractivity contribution in [2.75, 3.05) is 4.90 Å². The number of hydrogen-bond donors (Lipinski definition) is 0. The van der Waals surface area contributed by atoms with Crippen LogP contribution >= 0.6 is 0 Å². The highest BCUT2D eigenvalue weighted by Gasteiger charge is 2.55. The molecule has 0 amide bonds. The van der Waals surface area contributed by atoms with Crippen molar-refractivity contribution in [3.05, 3.63) is 166 Å². The lowest BCUT2D eigenvalue weighted by Gasteiger charge is -2.47. The van der Waals surface area contributed by atoms with Crippen molar-refractivity contribution >= 4 is 61.7 Å². The lowest BCUT2D eigenvalue weighted by molar-refractivity contribution is 0.149. The van der Waals surface area contributed by atoms with E-state index in [1.165, 1.54) is 202 Å². The lowest BCUT2D eigenvalue weighted by Crippen LogP contribution is -2.50. The maximum Gasteiger partial charge on any atom is 0.333 e. The smallest absolute Gasteiger partial charge is 0.333 e. The van der Waals surface area contributed by atoms with Gasteiger partial charge in [-0.3, -0.25) is 0 Å². The second-order valence-corrected chi connectivity index (χ2v) is 29.9. The third kappa shape index (κ3) is 6.57. The molecule has 0 spiro atoms. The summed E-state index contributed by atoms with van der Waals surface area (Å²) in [6, 6.07) is 50.3. The molecule has 394 valence electrons. The summed E-state index contributed by atoms with van der Waals surface area (Å²) in [7, 11) is 0. The normalized spacial score (nSPS) is 26.0. The van der Waals surface area contributed by atoms with Gasteiger partial charge in [0, 0.05) is 49.7 Å². The standard InChI is InChI=1S/C75H81BN2/c1-70(2,3)50-27-29-62(54(38-50)48-23-11-10-12-24-48)77-64-37-49-25-13-14-26-53(49)65-58-41-52(75-33-17-21-47(45-75)22-18-34-75)40-56-55-39-51(74-31-15-19-46(44-74)20-16-32-74)28-30-63(55)78(68(56)58)76(67(64)65)66-57-42-60-61(43-59(57)73(8,9)69(66)77)72(6,7)36-35-71(60,4)5/h10-14,23-30,37-43,46-47H,15-22,31-36,44-45H2,1-9H3. The Morgan fingerprint density at radius 1 is 0.513 bits per heavy atom. The highest BCUT2D eigenvalue weighted by atomic mass is 15.2. The fourth-order valence-electron chi connectivity index (χ4n) is 19.0. The van der Waals surface area contributed by atoms with Crippen LogP contribution in [-0.4, -0.2) is 11.3 Å². The van der Waals surface area contributed by atoms with Gasteiger partial charge in [0.1, 0.15) is 0 Å². The van der Waals surface area contributed by atoms with Gasteiger partial charge in [-0.2, -0.15) is 0 Å². The molecule has 1 aromatic heterocycles. The number of allylic oxidation sites excluding steroid dienone is 1. The summed E-state index contributed by atoms with van der Waals surface area (Å²) in [4.78, 5) is 2.85. The number of hydrogen-bond acceptors (Lipinski definition) is 1. The predicted molar refractivity (Wildman–Crippen MR) is 333 cm³/mol. The summed E-state index contributed by atoms with van der Waals surface area (Å²) in [5.74, 6) is 1.73. The van der Waals surface area contributed by atoms with Crippen molar-refractivity contribution < 1.29 is 0 Å². The molecule has 78 heavy (non-hydrogen) atoms. The molecule has 8 aliphatic rings. The first-order chi connectivity index (χ1) is 37.4. The summed E-state index contributed by atoms with van der Waals surface area (Å²) < 4.78 is 2.96. The topological polar surface area (TPSA) is 8.17 Å². The summed E-state index contributed by atoms with van der Waals surface area (Å²) >= 11 is 0. The molecule has 16 rings (SSSR count). The highest BCUT2D eigenvalue weighted by molar-refractivity contribution is 6.94. The van der Waals surface area contributed by atoms with Crippen LogP contribution in [0.15, 0.2) is 127 Å². The second kappa shape index (κ2) is 16.2. The molecule has 6 aliphatic carbocycles. The molecule has 4 bridgehead atoms. The van der Waals surface area contributed by atoms with E-state index in [1.54, 1.807) is 22.3 Å². The Balaban J connectivity index is 1.07. The fourth-order valence-corrected chi connectivity index (χ4v) is 19.0. The average Bonchev–Trinajstić information content (AvgIpc) is 2.27. The first kappa shape index (κ1) is 48.1. The van der Waals surface area contributed by atoms with E-state index in [1.807, 2.05) is 0 Å². The van der Waals surface area contributed by atoms with Crippen molar-refractivity contribution in [3.8, 4) is 22.3 Å². The number of benzene rings is 7. The van der Waals surface area contributed by atoms with Gasteiger partial charge in [-0.15, -0.1) is 0 Å². The molecule has 4 saturated carbocycles. The molecular formula is C75H81BN2. The average molecular weight is 1020 g/mol. The van der Waals surface area contributed by atoms with Gasteiger partial charge in [0.05, 0.1) is 5.69 Å². The third-order valence-corrected chi connectivity index (χ3v) is 23.1. The van der Waals surface area contributed by atoms with Crippen molar-refractivity contribution in [2.45, 2.75) is 198 Å². The van der Waals surface area contributed by atoms with Crippen LogP contribution in [0.4, 0.5) is 11.4 Å². The van der Waals surface area contributed by atoms with Gasteiger partial charge < -0.3 is 9.38 Å². The quantitative estimate of drug-likeness (QED) is 0.160. The SMILES string of the molecule is CC(C)(C)c1ccc(N2C3=C(B4c5c2cc2ccccc2c5-c2cc(C56CCCC(CCC5)C6)cc5c6cc(C78CCCC(CCC7)C8)ccc6n4c25)c2cc4c(cc2C3(C)C)C(C)(C)CCC4(C)C)c(-c2ccccc2)c1. The number of nitrogens with zero attached hydrogens (tertiary/aromatic N) is 2. The summed E-state index contributed by atoms with van der Waals surface area (Å²) in [6.07, 6.45) is 21.6. The van der Waals surface area contributed by atoms with Gasteiger partial charge in [-0.05, 0) is 205 Å². The van der Waals surface area contributed by atoms with Gasteiger partial charge in [0.25, 0.3) is 0 Å². The van der Waals surface area contributed by atoms with E-state index in [9.17, 15) is 0 Å². The summed E-state index contributed by atoms with van der Waals surface area (Å²) in [6.45, 7) is 22.4. The van der Waals surface area contributed by atoms with Gasteiger partial charge in [0.15, 0.2) is 0 Å². The van der Waals surface area contributed by atoms with Gasteiger partial charge in [0.2, 0.25) is 0 Å². The van der Waals surface area contributed by atoms with E-state index >= 15 is 0 Å². The van der Waals surface area contributed by atoms with Crippen LogP contribution in [0.1, 0.15) is 204 Å². The number of rotatable bonds is 4. The number of anilines is 2. The molecule has 0 saturated heterocycles. The zero-order valence-electron chi connectivity index (χ0n) is 48.5. The number of fused-ring (bicyclic) bond motifs is 15. The second-order valence-electron chi connectivity index (χ2n) is 29.9. The molecule has 0 radical (unpaired) electrons. The molecule has 0 unspecified atom stereocenters. The molecule has 0 N–H and O–H groups in total. The lowest BCUT2D eigenvalue weighted by atomic mass is 9.43. The van der Waals surface area contributed by atoms with Crippen LogP contribution in [0, 0.1) is 11.8 Å². The summed E-state index contributed by atoms with van der Waals surface area (Å²) in [5, 5.41) is 5.75. The first-order valence-electron chi connectivity index (χ1n) is 31.1. The van der Waals surface area contributed by atoms with Gasteiger partial charge >= 0.3 is 6.85 Å². The molecule has 3 heteroatoms. The summed E-state index contributed by atoms with van der Waals surface area (Å²) in [5.41, 5.74) is 26.6. The van der Waals surface area contributed by atoms with Gasteiger partial charge in [-0.25, -0.2) is 0 Å². The Labute approximate surface area is 466 Å². The molecule has 7 aromatic carbocycles. The van der Waals surface area contributed by atoms with Crippen molar-refractivity contribution in [1.29, 1.82) is 0 Å². The zero-order chi connectivity index (χ0) is 53.0. The monoisotopic (exact) mass is 1020 g/mol. The Hall–Kier alpha value is -5.80. The van der Waals surface area contributed by atoms with E-state index in [0.717, 1.165) is 11.8 Å². The minimum atomic E-state index is -0.327. The molecule has 4 fully saturated rings. The van der Waals surface area contributed by atoms with Crippen LogP contribution in [-0.2, 0) is 32.5 Å². The number of aromatic nitrogens is 1. The Morgan fingerprint density at radius 3 is 1.82 bits per heavy atom. The van der Waals surface area contributed by atoms with Crippen LogP contribution in [0.5, 0.6) is 0 Å². The molecule has 8 aromatic rings. The molecular weight excluding hydrogens is 940 g/mol. The van der Waals surface area contributed by atoms with Crippen molar-refractivity contribution in [1.82, 2.24) is 4.48 Å². The Morgan fingerprint density at radius 2 is 1.14 bits per heavy atom. The van der Waals surface area contributed by atoms with E-state index in [0.29, 0.717) is 5.41 Å². The predicted octanol–water partition coefficient (Wildman–Crippen LogP) is 19.6. The minimum absolute atomic E-state index is 0.0171. The maximum absolute atomic E-state index is 2.96. The maximum atomic E-state index is 2.96. The minimum Gasteiger partial charge on any atom is -0.375 e. The highest BCUT2D eigenvalue weighted by Crippen LogP contribution is 2.62. The van der Waals surface area contributed by atoms with E-state index in [-0.39, 0.29) is 33.9 Å². The van der Waals surface area contributed by atoms with Crippen LogP contribution in [0.25, 0.3) is 60.3 Å². The van der Waals surface area contributed by atoms with Crippen LogP contribution in [0.3, 0.4) is 0 Å². The largest absolute Gasteiger partial charge is 0.375 e. The first-order valence-corrected chi connectivity index (χ1v) is 31.1. The molecule has 3 heterocycles. The Kier molecular flexibility index (Phi) is 10.00. The molecule has 2 nitrogen and oxygen atoms in total. The van der Waals surface area contributed by atoms with E-state index < -0.39 is 0 Å². The molecule has 2 aliphatic heterocycles.